The summed E-state index contributed by atoms with van der Waals surface area (Å²) in [6, 6.07) is 20.5. The van der Waals surface area contributed by atoms with Gasteiger partial charge in [-0.15, -0.1) is 0 Å². The lowest BCUT2D eigenvalue weighted by Crippen LogP contribution is -2.30. The van der Waals surface area contributed by atoms with E-state index in [0.717, 1.165) is 6.42 Å². The van der Waals surface area contributed by atoms with Gasteiger partial charge in [0.1, 0.15) is 0 Å². The Balaban J connectivity index is 2.09. The van der Waals surface area contributed by atoms with E-state index < -0.39 is 0 Å². The molecule has 2 aromatic rings. The van der Waals surface area contributed by atoms with Crippen LogP contribution in [0, 0.1) is 0 Å². The molecule has 0 bridgehead atoms. The zero-order valence-electron chi connectivity index (χ0n) is 12.2. The van der Waals surface area contributed by atoms with Gasteiger partial charge in [0.15, 0.2) is 0 Å². The van der Waals surface area contributed by atoms with Gasteiger partial charge in [-0.2, -0.15) is 0 Å². The van der Waals surface area contributed by atoms with Crippen molar-refractivity contribution in [3.63, 3.8) is 0 Å². The van der Waals surface area contributed by atoms with E-state index >= 15 is 0 Å². The van der Waals surface area contributed by atoms with Gasteiger partial charge in [-0.25, -0.2) is 0 Å². The fourth-order valence-corrected chi connectivity index (χ4v) is 2.44. The van der Waals surface area contributed by atoms with Crippen molar-refractivity contribution in [2.45, 2.75) is 18.8 Å². The first-order chi connectivity index (χ1) is 10.3. The number of rotatable bonds is 7. The van der Waals surface area contributed by atoms with Crippen LogP contribution in [0.4, 0.5) is 0 Å². The van der Waals surface area contributed by atoms with E-state index in [1.165, 1.54) is 11.1 Å². The summed E-state index contributed by atoms with van der Waals surface area (Å²) in [5, 5.41) is 2.85. The van der Waals surface area contributed by atoms with Crippen molar-refractivity contribution in [3.05, 3.63) is 71.8 Å². The average molecular weight is 282 g/mol. The standard InChI is InChI=1S/C18H22N2O/c19-11-12-20-18(21)14-17(16-9-5-2-6-10-16)13-15-7-3-1-4-8-15/h1-10,17H,11-14,19H2,(H,20,21). The Bertz CT molecular complexity index is 540. The van der Waals surface area contributed by atoms with Crippen LogP contribution in [-0.4, -0.2) is 19.0 Å². The molecule has 0 saturated heterocycles. The van der Waals surface area contributed by atoms with Crippen LogP contribution in [0.1, 0.15) is 23.5 Å². The van der Waals surface area contributed by atoms with Crippen LogP contribution in [0.25, 0.3) is 0 Å². The second-order valence-electron chi connectivity index (χ2n) is 5.14. The summed E-state index contributed by atoms with van der Waals surface area (Å²) in [6.07, 6.45) is 1.35. The fourth-order valence-electron chi connectivity index (χ4n) is 2.44. The first-order valence-corrected chi connectivity index (χ1v) is 7.35. The molecule has 0 aromatic heterocycles. The highest BCUT2D eigenvalue weighted by Gasteiger charge is 2.16. The maximum absolute atomic E-state index is 12.0. The van der Waals surface area contributed by atoms with Gasteiger partial charge in [-0.3, -0.25) is 4.79 Å². The van der Waals surface area contributed by atoms with Crippen molar-refractivity contribution >= 4 is 5.91 Å². The molecule has 1 atom stereocenters. The smallest absolute Gasteiger partial charge is 0.220 e. The number of hydrogen-bond donors (Lipinski definition) is 2. The number of hydrogen-bond acceptors (Lipinski definition) is 2. The number of carbonyl (C=O) groups is 1. The van der Waals surface area contributed by atoms with Gasteiger partial charge in [0.2, 0.25) is 5.91 Å². The minimum atomic E-state index is 0.0604. The molecule has 0 saturated carbocycles. The van der Waals surface area contributed by atoms with Crippen molar-refractivity contribution in [2.75, 3.05) is 13.1 Å². The number of amides is 1. The van der Waals surface area contributed by atoms with Gasteiger partial charge in [0.25, 0.3) is 0 Å². The molecule has 0 heterocycles. The topological polar surface area (TPSA) is 55.1 Å². The molecule has 0 fully saturated rings. The lowest BCUT2D eigenvalue weighted by Gasteiger charge is -2.17. The lowest BCUT2D eigenvalue weighted by atomic mass is 9.89. The molecule has 3 nitrogen and oxygen atoms in total. The first-order valence-electron chi connectivity index (χ1n) is 7.35. The molecular weight excluding hydrogens is 260 g/mol. The lowest BCUT2D eigenvalue weighted by molar-refractivity contribution is -0.121. The summed E-state index contributed by atoms with van der Waals surface area (Å²) >= 11 is 0. The minimum absolute atomic E-state index is 0.0604. The summed E-state index contributed by atoms with van der Waals surface area (Å²) < 4.78 is 0. The van der Waals surface area contributed by atoms with Crippen LogP contribution in [-0.2, 0) is 11.2 Å². The van der Waals surface area contributed by atoms with Gasteiger partial charge in [-0.1, -0.05) is 60.7 Å². The maximum Gasteiger partial charge on any atom is 0.220 e. The molecule has 1 unspecified atom stereocenters. The summed E-state index contributed by atoms with van der Waals surface area (Å²) in [6.45, 7) is 1.01. The van der Waals surface area contributed by atoms with Crippen LogP contribution in [0.5, 0.6) is 0 Å². The molecule has 21 heavy (non-hydrogen) atoms. The third-order valence-electron chi connectivity index (χ3n) is 3.49. The first kappa shape index (κ1) is 15.3. The third kappa shape index (κ3) is 5.04. The van der Waals surface area contributed by atoms with Crippen molar-refractivity contribution in [3.8, 4) is 0 Å². The van der Waals surface area contributed by atoms with E-state index in [1.54, 1.807) is 0 Å². The highest BCUT2D eigenvalue weighted by Crippen LogP contribution is 2.24. The molecule has 0 radical (unpaired) electrons. The summed E-state index contributed by atoms with van der Waals surface area (Å²) in [4.78, 5) is 12.0. The van der Waals surface area contributed by atoms with Crippen LogP contribution >= 0.6 is 0 Å². The number of nitrogens with one attached hydrogen (secondary N) is 1. The zero-order valence-corrected chi connectivity index (χ0v) is 12.2. The SMILES string of the molecule is NCCNC(=O)CC(Cc1ccccc1)c1ccccc1. The Hall–Kier alpha value is -2.13. The second kappa shape index (κ2) is 8.22. The summed E-state index contributed by atoms with van der Waals surface area (Å²) in [5.41, 5.74) is 7.87. The average Bonchev–Trinajstić information content (AvgIpc) is 2.54. The number of nitrogens with two attached hydrogens (primary N) is 1. The Morgan fingerprint density at radius 2 is 1.62 bits per heavy atom. The maximum atomic E-state index is 12.0. The van der Waals surface area contributed by atoms with E-state index in [2.05, 4.69) is 29.6 Å². The van der Waals surface area contributed by atoms with E-state index in [9.17, 15) is 4.79 Å². The predicted molar refractivity (Wildman–Crippen MR) is 86.0 cm³/mol. The Morgan fingerprint density at radius 1 is 1.00 bits per heavy atom. The largest absolute Gasteiger partial charge is 0.355 e. The Labute approximate surface area is 126 Å². The molecular formula is C18H22N2O. The van der Waals surface area contributed by atoms with E-state index in [0.29, 0.717) is 19.5 Å². The van der Waals surface area contributed by atoms with Crippen LogP contribution < -0.4 is 11.1 Å². The second-order valence-corrected chi connectivity index (χ2v) is 5.14. The molecule has 2 rings (SSSR count). The Morgan fingerprint density at radius 3 is 2.24 bits per heavy atom. The van der Waals surface area contributed by atoms with Crippen molar-refractivity contribution < 1.29 is 4.79 Å². The normalized spacial score (nSPS) is 11.9. The van der Waals surface area contributed by atoms with Crippen LogP contribution in [0.3, 0.4) is 0 Å². The monoisotopic (exact) mass is 282 g/mol. The molecule has 110 valence electrons. The van der Waals surface area contributed by atoms with Gasteiger partial charge >= 0.3 is 0 Å². The summed E-state index contributed by atoms with van der Waals surface area (Å²) in [5.74, 6) is 0.247. The Kier molecular flexibility index (Phi) is 5.98. The van der Waals surface area contributed by atoms with E-state index in [1.807, 2.05) is 36.4 Å². The third-order valence-corrected chi connectivity index (χ3v) is 3.49. The van der Waals surface area contributed by atoms with Gasteiger partial charge in [0.05, 0.1) is 0 Å². The molecule has 1 amide bonds. The van der Waals surface area contributed by atoms with E-state index in [-0.39, 0.29) is 11.8 Å². The molecule has 3 heteroatoms. The quantitative estimate of drug-likeness (QED) is 0.819. The number of benzene rings is 2. The zero-order chi connectivity index (χ0) is 14.9. The molecule has 2 aromatic carbocycles. The molecule has 0 aliphatic rings. The minimum Gasteiger partial charge on any atom is -0.355 e. The highest BCUT2D eigenvalue weighted by molar-refractivity contribution is 5.76. The van der Waals surface area contributed by atoms with Gasteiger partial charge in [-0.05, 0) is 23.5 Å². The molecule has 0 aliphatic carbocycles. The highest BCUT2D eigenvalue weighted by atomic mass is 16.1. The van der Waals surface area contributed by atoms with Gasteiger partial charge in [0, 0.05) is 19.5 Å². The predicted octanol–water partition coefficient (Wildman–Crippen LogP) is 2.48. The molecule has 3 N–H and O–H groups in total. The summed E-state index contributed by atoms with van der Waals surface area (Å²) in [7, 11) is 0. The molecule has 0 aliphatic heterocycles. The van der Waals surface area contributed by atoms with E-state index in [4.69, 9.17) is 5.73 Å². The van der Waals surface area contributed by atoms with Gasteiger partial charge < -0.3 is 11.1 Å². The molecule has 0 spiro atoms. The van der Waals surface area contributed by atoms with Crippen molar-refractivity contribution in [1.29, 1.82) is 0 Å². The van der Waals surface area contributed by atoms with Crippen LogP contribution in [0.2, 0.25) is 0 Å². The number of carbonyl (C=O) groups excluding carboxylic acids is 1. The fraction of sp³-hybridized carbons (Fsp3) is 0.278. The van der Waals surface area contributed by atoms with Crippen molar-refractivity contribution in [1.82, 2.24) is 5.32 Å². The van der Waals surface area contributed by atoms with Crippen LogP contribution in [0.15, 0.2) is 60.7 Å². The van der Waals surface area contributed by atoms with Crippen molar-refractivity contribution in [2.24, 2.45) is 5.73 Å².